The van der Waals surface area contributed by atoms with Gasteiger partial charge in [0.05, 0.1) is 12.0 Å². The Bertz CT molecular complexity index is 942. The molecule has 10 heteroatoms. The van der Waals surface area contributed by atoms with Crippen LogP contribution >= 0.6 is 0 Å². The summed E-state index contributed by atoms with van der Waals surface area (Å²) in [5.74, 6) is 1.44. The van der Waals surface area contributed by atoms with E-state index in [1.165, 1.54) is 0 Å². The third-order valence-corrected chi connectivity index (χ3v) is 7.53. The van der Waals surface area contributed by atoms with Crippen LogP contribution in [0, 0.1) is 11.8 Å². The topological polar surface area (TPSA) is 109 Å². The van der Waals surface area contributed by atoms with Crippen molar-refractivity contribution in [2.45, 2.75) is 77.9 Å². The first-order valence-corrected chi connectivity index (χ1v) is 14.5. The Morgan fingerprint density at radius 2 is 1.92 bits per heavy atom. The molecule has 2 atom stereocenters. The van der Waals surface area contributed by atoms with Gasteiger partial charge in [-0.1, -0.05) is 34.6 Å². The molecule has 2 aliphatic rings. The normalized spacial score (nSPS) is 20.8. The summed E-state index contributed by atoms with van der Waals surface area (Å²) in [6, 6.07) is -0.0947. The zero-order valence-electron chi connectivity index (χ0n) is 25.1. The van der Waals surface area contributed by atoms with Crippen molar-refractivity contribution in [1.29, 1.82) is 0 Å². The molecule has 2 N–H and O–H groups in total. The molecule has 1 aromatic rings. The minimum absolute atomic E-state index is 0.0947. The summed E-state index contributed by atoms with van der Waals surface area (Å²) < 4.78 is 10.7. The minimum atomic E-state index is -0.249. The molecule has 3 rings (SSSR count). The molecule has 0 spiro atoms. The molecule has 39 heavy (non-hydrogen) atoms. The van der Waals surface area contributed by atoms with Crippen molar-refractivity contribution in [3.63, 3.8) is 0 Å². The van der Waals surface area contributed by atoms with E-state index in [2.05, 4.69) is 50.2 Å². The summed E-state index contributed by atoms with van der Waals surface area (Å²) in [5, 5.41) is 6.82. The fourth-order valence-electron chi connectivity index (χ4n) is 5.32. The first kappa shape index (κ1) is 31.2. The summed E-state index contributed by atoms with van der Waals surface area (Å²) in [6.45, 7) is 15.0. The van der Waals surface area contributed by atoms with Crippen LogP contribution in [0.1, 0.15) is 76.5 Å². The number of anilines is 1. The van der Waals surface area contributed by atoms with E-state index in [1.807, 2.05) is 9.80 Å². The minimum Gasteiger partial charge on any atom is -0.385 e. The number of ether oxygens (including phenoxy) is 2. The van der Waals surface area contributed by atoms with E-state index >= 15 is 0 Å². The quantitative estimate of drug-likeness (QED) is 0.408. The fourth-order valence-corrected chi connectivity index (χ4v) is 5.32. The van der Waals surface area contributed by atoms with E-state index in [1.54, 1.807) is 20.4 Å². The monoisotopic (exact) mass is 546 g/mol. The number of piperidine rings is 2. The molecule has 0 radical (unpaired) electrons. The maximum Gasteiger partial charge on any atom is 0.259 e. The summed E-state index contributed by atoms with van der Waals surface area (Å²) in [4.78, 5) is 40.9. The standard InChI is InChI=1S/C29H50N6O4/c1-20(2)19-35(22-15-21(16-30-17-22)26(36)34-12-9-23(39-7)10-13-34)27(37)24-18-32-28(29(3,4)5)33-25(24)31-11-8-14-38-6/h18,20-23,30H,8-17,19H2,1-7H3,(H,31,32,33)/t21-,22+/m1/s1. The van der Waals surface area contributed by atoms with Crippen molar-refractivity contribution in [2.24, 2.45) is 11.8 Å². The number of carbonyl (C=O) groups excluding carboxylic acids is 2. The van der Waals surface area contributed by atoms with Gasteiger partial charge < -0.3 is 29.9 Å². The lowest BCUT2D eigenvalue weighted by Gasteiger charge is -2.40. The number of hydrogen-bond acceptors (Lipinski definition) is 8. The fraction of sp³-hybridized carbons (Fsp3) is 0.793. The highest BCUT2D eigenvalue weighted by Crippen LogP contribution is 2.26. The highest BCUT2D eigenvalue weighted by Gasteiger charge is 2.37. The van der Waals surface area contributed by atoms with Gasteiger partial charge in [0.25, 0.3) is 5.91 Å². The van der Waals surface area contributed by atoms with E-state index < -0.39 is 0 Å². The van der Waals surface area contributed by atoms with Crippen molar-refractivity contribution >= 4 is 17.6 Å². The van der Waals surface area contributed by atoms with Gasteiger partial charge in [0.1, 0.15) is 17.2 Å². The molecule has 1 aromatic heterocycles. The van der Waals surface area contributed by atoms with Crippen LogP contribution < -0.4 is 10.6 Å². The van der Waals surface area contributed by atoms with Crippen molar-refractivity contribution in [3.05, 3.63) is 17.6 Å². The number of aromatic nitrogens is 2. The Balaban J connectivity index is 1.81. The van der Waals surface area contributed by atoms with Gasteiger partial charge in [0.2, 0.25) is 5.91 Å². The van der Waals surface area contributed by atoms with Crippen LogP contribution in [0.25, 0.3) is 0 Å². The second kappa shape index (κ2) is 14.4. The second-order valence-corrected chi connectivity index (χ2v) is 12.3. The molecule has 0 aliphatic carbocycles. The zero-order chi connectivity index (χ0) is 28.6. The van der Waals surface area contributed by atoms with Gasteiger partial charge in [-0.25, -0.2) is 9.97 Å². The highest BCUT2D eigenvalue weighted by molar-refractivity contribution is 5.98. The van der Waals surface area contributed by atoms with E-state index in [0.717, 1.165) is 32.4 Å². The average Bonchev–Trinajstić information content (AvgIpc) is 2.92. The van der Waals surface area contributed by atoms with Gasteiger partial charge >= 0.3 is 0 Å². The zero-order valence-corrected chi connectivity index (χ0v) is 25.1. The number of nitrogens with one attached hydrogen (secondary N) is 2. The Morgan fingerprint density at radius 3 is 2.54 bits per heavy atom. The third kappa shape index (κ3) is 8.59. The molecular weight excluding hydrogens is 496 g/mol. The summed E-state index contributed by atoms with van der Waals surface area (Å²) in [6.07, 6.45) is 5.08. The van der Waals surface area contributed by atoms with Crippen LogP contribution in [0.5, 0.6) is 0 Å². The Labute approximate surface area is 234 Å². The van der Waals surface area contributed by atoms with Crippen LogP contribution in [0.3, 0.4) is 0 Å². The average molecular weight is 547 g/mol. The molecule has 220 valence electrons. The summed E-state index contributed by atoms with van der Waals surface area (Å²) >= 11 is 0. The van der Waals surface area contributed by atoms with Crippen LogP contribution in [0.4, 0.5) is 5.82 Å². The van der Waals surface area contributed by atoms with Crippen molar-refractivity contribution in [3.8, 4) is 0 Å². The van der Waals surface area contributed by atoms with Gasteiger partial charge in [-0.2, -0.15) is 0 Å². The van der Waals surface area contributed by atoms with Gasteiger partial charge in [0, 0.05) is 77.7 Å². The highest BCUT2D eigenvalue weighted by atomic mass is 16.5. The number of rotatable bonds is 11. The number of likely N-dealkylation sites (tertiary alicyclic amines) is 1. The lowest BCUT2D eigenvalue weighted by atomic mass is 9.91. The predicted octanol–water partition coefficient (Wildman–Crippen LogP) is 2.94. The van der Waals surface area contributed by atoms with Crippen molar-refractivity contribution in [2.75, 3.05) is 65.4 Å². The smallest absolute Gasteiger partial charge is 0.259 e. The van der Waals surface area contributed by atoms with Crippen LogP contribution in [0.2, 0.25) is 0 Å². The molecule has 10 nitrogen and oxygen atoms in total. The van der Waals surface area contributed by atoms with Gasteiger partial charge in [-0.15, -0.1) is 0 Å². The number of carbonyl (C=O) groups is 2. The molecule has 0 saturated carbocycles. The van der Waals surface area contributed by atoms with Crippen LogP contribution in [-0.4, -0.2) is 104 Å². The maximum absolute atomic E-state index is 14.1. The third-order valence-electron chi connectivity index (χ3n) is 7.53. The summed E-state index contributed by atoms with van der Waals surface area (Å²) in [7, 11) is 3.42. The number of nitrogens with zero attached hydrogens (tertiary/aromatic N) is 4. The molecular formula is C29H50N6O4. The molecule has 0 bridgehead atoms. The molecule has 2 amide bonds. The SMILES string of the molecule is COCCCNc1nc(C(C)(C)C)ncc1C(=O)N(CC(C)C)[C@@H]1CNC[C@H](C(=O)N2CCC(OC)CC2)C1. The van der Waals surface area contributed by atoms with E-state index in [-0.39, 0.29) is 41.2 Å². The Kier molecular flexibility index (Phi) is 11.5. The summed E-state index contributed by atoms with van der Waals surface area (Å²) in [5.41, 5.74) is 0.219. The molecule has 2 saturated heterocycles. The Hall–Kier alpha value is -2.30. The molecule has 0 aromatic carbocycles. The number of amides is 2. The molecule has 2 aliphatic heterocycles. The molecule has 3 heterocycles. The van der Waals surface area contributed by atoms with E-state index in [0.29, 0.717) is 56.4 Å². The maximum atomic E-state index is 14.1. The first-order chi connectivity index (χ1) is 18.5. The van der Waals surface area contributed by atoms with Crippen molar-refractivity contribution in [1.82, 2.24) is 25.1 Å². The second-order valence-electron chi connectivity index (χ2n) is 12.3. The van der Waals surface area contributed by atoms with Gasteiger partial charge in [-0.05, 0) is 31.6 Å². The van der Waals surface area contributed by atoms with Crippen LogP contribution in [-0.2, 0) is 19.7 Å². The largest absolute Gasteiger partial charge is 0.385 e. The van der Waals surface area contributed by atoms with Gasteiger partial charge in [0.15, 0.2) is 0 Å². The van der Waals surface area contributed by atoms with E-state index in [9.17, 15) is 9.59 Å². The van der Waals surface area contributed by atoms with Gasteiger partial charge in [-0.3, -0.25) is 9.59 Å². The molecule has 0 unspecified atom stereocenters. The predicted molar refractivity (Wildman–Crippen MR) is 153 cm³/mol. The number of hydrogen-bond donors (Lipinski definition) is 2. The van der Waals surface area contributed by atoms with Crippen LogP contribution in [0.15, 0.2) is 6.20 Å². The number of methoxy groups -OCH3 is 2. The lowest BCUT2D eigenvalue weighted by molar-refractivity contribution is -0.139. The lowest BCUT2D eigenvalue weighted by Crippen LogP contribution is -2.55. The van der Waals surface area contributed by atoms with Crippen molar-refractivity contribution < 1.29 is 19.1 Å². The first-order valence-electron chi connectivity index (χ1n) is 14.5. The molecule has 2 fully saturated rings. The Morgan fingerprint density at radius 1 is 1.21 bits per heavy atom. The van der Waals surface area contributed by atoms with E-state index in [4.69, 9.17) is 14.5 Å².